The highest BCUT2D eigenvalue weighted by Gasteiger charge is 2.15. The lowest BCUT2D eigenvalue weighted by molar-refractivity contribution is 0.0523. The molecule has 0 aliphatic heterocycles. The van der Waals surface area contributed by atoms with Gasteiger partial charge in [0.05, 0.1) is 6.61 Å². The van der Waals surface area contributed by atoms with E-state index in [1.165, 1.54) is 34.8 Å². The van der Waals surface area contributed by atoms with Crippen molar-refractivity contribution in [3.8, 4) is 0 Å². The Morgan fingerprint density at radius 3 is 2.90 bits per heavy atom. The number of fused-ring (bicyclic) bond motifs is 1. The molecule has 0 amide bonds. The van der Waals surface area contributed by atoms with E-state index < -0.39 is 11.5 Å². The van der Waals surface area contributed by atoms with Crippen LogP contribution in [0.3, 0.4) is 0 Å². The SMILES string of the molecule is CCCSc1nccn2c(=O)c(C(=O)OCC)cnc12. The normalized spacial score (nSPS) is 10.7. The van der Waals surface area contributed by atoms with Crippen LogP contribution in [0.15, 0.2) is 28.4 Å². The number of nitrogens with zero attached hydrogens (tertiary/aromatic N) is 3. The first kappa shape index (κ1) is 14.5. The molecule has 0 atom stereocenters. The Morgan fingerprint density at radius 2 is 2.20 bits per heavy atom. The molecule has 0 aliphatic rings. The number of rotatable bonds is 5. The topological polar surface area (TPSA) is 73.6 Å². The van der Waals surface area contributed by atoms with E-state index in [0.717, 1.165) is 12.2 Å². The van der Waals surface area contributed by atoms with Crippen molar-refractivity contribution in [1.82, 2.24) is 14.4 Å². The fourth-order valence-corrected chi connectivity index (χ4v) is 2.45. The van der Waals surface area contributed by atoms with Crippen molar-refractivity contribution in [2.24, 2.45) is 0 Å². The number of carbonyl (C=O) groups is 1. The molecule has 0 aromatic carbocycles. The number of thioether (sulfide) groups is 1. The summed E-state index contributed by atoms with van der Waals surface area (Å²) in [4.78, 5) is 32.3. The Bertz CT molecular complexity index is 684. The Hall–Kier alpha value is -1.89. The summed E-state index contributed by atoms with van der Waals surface area (Å²) in [5, 5.41) is 0.682. The summed E-state index contributed by atoms with van der Waals surface area (Å²) in [5.74, 6) is 0.237. The van der Waals surface area contributed by atoms with Crippen molar-refractivity contribution in [3.05, 3.63) is 34.5 Å². The predicted molar refractivity (Wildman–Crippen MR) is 76.2 cm³/mol. The molecule has 20 heavy (non-hydrogen) atoms. The summed E-state index contributed by atoms with van der Waals surface area (Å²) in [5.41, 5.74) is -0.0415. The van der Waals surface area contributed by atoms with Crippen LogP contribution in [0.4, 0.5) is 0 Å². The van der Waals surface area contributed by atoms with Crippen LogP contribution < -0.4 is 5.56 Å². The van der Waals surface area contributed by atoms with Crippen molar-refractivity contribution < 1.29 is 9.53 Å². The minimum Gasteiger partial charge on any atom is -0.462 e. The average Bonchev–Trinajstić information content (AvgIpc) is 2.46. The summed E-state index contributed by atoms with van der Waals surface area (Å²) < 4.78 is 6.17. The monoisotopic (exact) mass is 293 g/mol. The van der Waals surface area contributed by atoms with Gasteiger partial charge < -0.3 is 4.74 Å². The summed E-state index contributed by atoms with van der Waals surface area (Å²) in [7, 11) is 0. The van der Waals surface area contributed by atoms with Crippen molar-refractivity contribution in [2.75, 3.05) is 12.4 Å². The number of esters is 1. The Morgan fingerprint density at radius 1 is 1.40 bits per heavy atom. The van der Waals surface area contributed by atoms with Gasteiger partial charge in [-0.1, -0.05) is 6.92 Å². The van der Waals surface area contributed by atoms with Crippen molar-refractivity contribution >= 4 is 23.4 Å². The van der Waals surface area contributed by atoms with Gasteiger partial charge in [0.2, 0.25) is 0 Å². The molecular formula is C13H15N3O3S. The zero-order valence-corrected chi connectivity index (χ0v) is 12.1. The molecule has 7 heteroatoms. The predicted octanol–water partition coefficient (Wildman–Crippen LogP) is 1.77. The number of hydrogen-bond acceptors (Lipinski definition) is 6. The van der Waals surface area contributed by atoms with E-state index >= 15 is 0 Å². The fourth-order valence-electron chi connectivity index (χ4n) is 1.64. The van der Waals surface area contributed by atoms with Gasteiger partial charge in [0, 0.05) is 18.6 Å². The molecule has 0 N–H and O–H groups in total. The Kier molecular flexibility index (Phi) is 4.73. The molecule has 0 saturated carbocycles. The first-order valence-electron chi connectivity index (χ1n) is 6.35. The van der Waals surface area contributed by atoms with Crippen LogP contribution in [0.1, 0.15) is 30.6 Å². The molecule has 2 rings (SSSR count). The number of aromatic nitrogens is 3. The summed E-state index contributed by atoms with van der Waals surface area (Å²) in [6, 6.07) is 0. The molecule has 2 heterocycles. The van der Waals surface area contributed by atoms with Crippen molar-refractivity contribution in [1.29, 1.82) is 0 Å². The highest BCUT2D eigenvalue weighted by atomic mass is 32.2. The zero-order chi connectivity index (χ0) is 14.5. The second-order valence-electron chi connectivity index (χ2n) is 3.97. The van der Waals surface area contributed by atoms with E-state index in [-0.39, 0.29) is 12.2 Å². The van der Waals surface area contributed by atoms with Crippen LogP contribution in [0.2, 0.25) is 0 Å². The maximum absolute atomic E-state index is 12.3. The third-order valence-electron chi connectivity index (χ3n) is 2.53. The summed E-state index contributed by atoms with van der Waals surface area (Å²) in [6.45, 7) is 3.97. The minimum absolute atomic E-state index is 0.0676. The number of hydrogen-bond donors (Lipinski definition) is 0. The molecule has 0 spiro atoms. The van der Waals surface area contributed by atoms with Crippen LogP contribution in [0.5, 0.6) is 0 Å². The van der Waals surface area contributed by atoms with E-state index in [2.05, 4.69) is 16.9 Å². The molecule has 0 saturated heterocycles. The van der Waals surface area contributed by atoms with Crippen LogP contribution in [0, 0.1) is 0 Å². The van der Waals surface area contributed by atoms with Gasteiger partial charge in [-0.3, -0.25) is 9.20 Å². The molecule has 0 bridgehead atoms. The molecule has 0 aliphatic carbocycles. The van der Waals surface area contributed by atoms with Crippen LogP contribution in [0.25, 0.3) is 5.65 Å². The molecule has 6 nitrogen and oxygen atoms in total. The molecular weight excluding hydrogens is 278 g/mol. The molecule has 0 unspecified atom stereocenters. The Balaban J connectivity index is 2.52. The minimum atomic E-state index is -0.654. The lowest BCUT2D eigenvalue weighted by Gasteiger charge is -2.06. The molecule has 2 aromatic heterocycles. The van der Waals surface area contributed by atoms with Gasteiger partial charge in [0.25, 0.3) is 5.56 Å². The maximum atomic E-state index is 12.3. The van der Waals surface area contributed by atoms with Gasteiger partial charge in [-0.05, 0) is 19.1 Å². The lowest BCUT2D eigenvalue weighted by Crippen LogP contribution is -2.24. The largest absolute Gasteiger partial charge is 0.462 e. The van der Waals surface area contributed by atoms with Crippen molar-refractivity contribution in [3.63, 3.8) is 0 Å². The molecule has 0 radical (unpaired) electrons. The lowest BCUT2D eigenvalue weighted by atomic mass is 10.3. The quantitative estimate of drug-likeness (QED) is 0.618. The van der Waals surface area contributed by atoms with Crippen LogP contribution in [-0.4, -0.2) is 32.7 Å². The number of carbonyl (C=O) groups excluding carboxylic acids is 1. The Labute approximate surface area is 120 Å². The van der Waals surface area contributed by atoms with Crippen molar-refractivity contribution in [2.45, 2.75) is 25.3 Å². The molecule has 2 aromatic rings. The second kappa shape index (κ2) is 6.51. The second-order valence-corrected chi connectivity index (χ2v) is 5.06. The first-order valence-corrected chi connectivity index (χ1v) is 7.33. The smallest absolute Gasteiger partial charge is 0.345 e. The van der Waals surface area contributed by atoms with E-state index in [1.54, 1.807) is 6.92 Å². The van der Waals surface area contributed by atoms with Gasteiger partial charge in [-0.15, -0.1) is 11.8 Å². The fraction of sp³-hybridized carbons (Fsp3) is 0.385. The first-order chi connectivity index (χ1) is 9.69. The van der Waals surface area contributed by atoms with Crippen LogP contribution >= 0.6 is 11.8 Å². The van der Waals surface area contributed by atoms with Gasteiger partial charge in [-0.25, -0.2) is 14.8 Å². The average molecular weight is 293 g/mol. The molecule has 0 fully saturated rings. The third kappa shape index (κ3) is 2.82. The summed E-state index contributed by atoms with van der Waals surface area (Å²) in [6.07, 6.45) is 5.29. The van der Waals surface area contributed by atoms with E-state index in [0.29, 0.717) is 10.7 Å². The van der Waals surface area contributed by atoms with Gasteiger partial charge in [0.1, 0.15) is 10.6 Å². The zero-order valence-electron chi connectivity index (χ0n) is 11.3. The molecule has 106 valence electrons. The van der Waals surface area contributed by atoms with E-state index in [1.807, 2.05) is 0 Å². The van der Waals surface area contributed by atoms with Crippen LogP contribution in [-0.2, 0) is 4.74 Å². The van der Waals surface area contributed by atoms with Gasteiger partial charge >= 0.3 is 5.97 Å². The highest BCUT2D eigenvalue weighted by molar-refractivity contribution is 7.99. The van der Waals surface area contributed by atoms with Gasteiger partial charge in [-0.2, -0.15) is 0 Å². The highest BCUT2D eigenvalue weighted by Crippen LogP contribution is 2.19. The van der Waals surface area contributed by atoms with E-state index in [4.69, 9.17) is 4.74 Å². The maximum Gasteiger partial charge on any atom is 0.345 e. The van der Waals surface area contributed by atoms with Gasteiger partial charge in [0.15, 0.2) is 5.65 Å². The number of ether oxygens (including phenoxy) is 1. The standard InChI is InChI=1S/C13H15N3O3S/c1-3-7-20-11-10-15-8-9(13(18)19-4-2)12(17)16(10)6-5-14-11/h5-6,8H,3-4,7H2,1-2H3. The summed E-state index contributed by atoms with van der Waals surface area (Å²) >= 11 is 1.53. The van der Waals surface area contributed by atoms with E-state index in [9.17, 15) is 9.59 Å². The third-order valence-corrected chi connectivity index (χ3v) is 3.70.